The van der Waals surface area contributed by atoms with Crippen molar-refractivity contribution in [2.24, 2.45) is 0 Å². The van der Waals surface area contributed by atoms with E-state index in [9.17, 15) is 4.79 Å². The number of hydrogen-bond acceptors (Lipinski definition) is 8. The largest absolute Gasteiger partial charge is 0.493 e. The molecule has 0 amide bonds. The van der Waals surface area contributed by atoms with Crippen LogP contribution in [0.4, 0.5) is 0 Å². The van der Waals surface area contributed by atoms with E-state index < -0.39 is 5.97 Å². The predicted molar refractivity (Wildman–Crippen MR) is 107 cm³/mol. The van der Waals surface area contributed by atoms with Crippen molar-refractivity contribution in [1.29, 1.82) is 0 Å². The Bertz CT molecular complexity index is 1070. The zero-order valence-electron chi connectivity index (χ0n) is 15.6. The van der Waals surface area contributed by atoms with Crippen molar-refractivity contribution in [2.75, 3.05) is 21.0 Å². The first-order valence-corrected chi connectivity index (χ1v) is 9.78. The fraction of sp³-hybridized carbons (Fsp3) is 0.200. The zero-order chi connectivity index (χ0) is 20.4. The van der Waals surface area contributed by atoms with Gasteiger partial charge in [-0.05, 0) is 24.3 Å². The van der Waals surface area contributed by atoms with Crippen molar-refractivity contribution < 1.29 is 28.5 Å². The Morgan fingerprint density at radius 1 is 1.24 bits per heavy atom. The first-order valence-electron chi connectivity index (χ1n) is 8.52. The Morgan fingerprint density at radius 3 is 2.90 bits per heavy atom. The van der Waals surface area contributed by atoms with E-state index >= 15 is 0 Å². The number of carbonyl (C=O) groups is 1. The van der Waals surface area contributed by atoms with E-state index in [2.05, 4.69) is 4.98 Å². The van der Waals surface area contributed by atoms with E-state index in [0.717, 1.165) is 10.6 Å². The van der Waals surface area contributed by atoms with Crippen LogP contribution in [0.3, 0.4) is 0 Å². The van der Waals surface area contributed by atoms with Crippen molar-refractivity contribution in [3.05, 3.63) is 52.0 Å². The van der Waals surface area contributed by atoms with Crippen molar-refractivity contribution in [1.82, 2.24) is 4.98 Å². The van der Waals surface area contributed by atoms with Crippen molar-refractivity contribution in [2.45, 2.75) is 6.61 Å². The Morgan fingerprint density at radius 2 is 2.10 bits per heavy atom. The highest BCUT2D eigenvalue weighted by molar-refractivity contribution is 7.13. The summed E-state index contributed by atoms with van der Waals surface area (Å²) >= 11 is 7.54. The molecule has 4 rings (SSSR count). The molecular weight excluding hydrogens is 418 g/mol. The molecule has 2 heterocycles. The molecule has 0 unspecified atom stereocenters. The van der Waals surface area contributed by atoms with Crippen LogP contribution in [0.15, 0.2) is 35.7 Å². The van der Waals surface area contributed by atoms with Gasteiger partial charge in [-0.1, -0.05) is 17.7 Å². The first kappa shape index (κ1) is 19.4. The Kier molecular flexibility index (Phi) is 5.46. The highest BCUT2D eigenvalue weighted by Crippen LogP contribution is 2.40. The van der Waals surface area contributed by atoms with Gasteiger partial charge in [-0.3, -0.25) is 0 Å². The maximum absolute atomic E-state index is 12.4. The molecule has 0 saturated heterocycles. The van der Waals surface area contributed by atoms with Crippen molar-refractivity contribution in [3.8, 4) is 33.6 Å². The number of ether oxygens (including phenoxy) is 5. The molecule has 9 heteroatoms. The molecule has 0 N–H and O–H groups in total. The van der Waals surface area contributed by atoms with Gasteiger partial charge < -0.3 is 23.7 Å². The van der Waals surface area contributed by atoms with Gasteiger partial charge in [-0.25, -0.2) is 9.78 Å². The SMILES string of the molecule is COc1cccc(-c2nc(COC(=O)c3cc(Cl)c4c(c3)OCO4)cs2)c1OC. The Balaban J connectivity index is 1.48. The van der Waals surface area contributed by atoms with Crippen LogP contribution in [0, 0.1) is 0 Å². The molecule has 1 aliphatic rings. The van der Waals surface area contributed by atoms with Gasteiger partial charge in [0, 0.05) is 5.38 Å². The molecule has 150 valence electrons. The second-order valence-corrected chi connectivity index (χ2v) is 7.22. The number of methoxy groups -OCH3 is 2. The average Bonchev–Trinajstić information content (AvgIpc) is 3.41. The van der Waals surface area contributed by atoms with Gasteiger partial charge in [-0.15, -0.1) is 11.3 Å². The van der Waals surface area contributed by atoms with Gasteiger partial charge in [0.05, 0.1) is 36.1 Å². The molecule has 0 fully saturated rings. The summed E-state index contributed by atoms with van der Waals surface area (Å²) in [5.74, 6) is 1.54. The third-order valence-electron chi connectivity index (χ3n) is 4.20. The molecule has 0 saturated carbocycles. The number of nitrogens with zero attached hydrogens (tertiary/aromatic N) is 1. The average molecular weight is 434 g/mol. The van der Waals surface area contributed by atoms with E-state index in [-0.39, 0.29) is 19.0 Å². The van der Waals surface area contributed by atoms with E-state index in [1.54, 1.807) is 20.3 Å². The summed E-state index contributed by atoms with van der Waals surface area (Å²) in [4.78, 5) is 16.9. The topological polar surface area (TPSA) is 76.1 Å². The molecule has 7 nitrogen and oxygen atoms in total. The summed E-state index contributed by atoms with van der Waals surface area (Å²) in [5.41, 5.74) is 1.70. The van der Waals surface area contributed by atoms with Crippen molar-refractivity contribution in [3.63, 3.8) is 0 Å². The lowest BCUT2D eigenvalue weighted by Crippen LogP contribution is -2.05. The highest BCUT2D eigenvalue weighted by atomic mass is 35.5. The molecule has 29 heavy (non-hydrogen) atoms. The number of hydrogen-bond donors (Lipinski definition) is 0. The molecule has 1 aromatic heterocycles. The number of halogens is 1. The zero-order valence-corrected chi connectivity index (χ0v) is 17.1. The second-order valence-electron chi connectivity index (χ2n) is 5.95. The second kappa shape index (κ2) is 8.18. The number of carbonyl (C=O) groups excluding carboxylic acids is 1. The van der Waals surface area contributed by atoms with E-state index in [1.807, 2.05) is 23.6 Å². The van der Waals surface area contributed by atoms with E-state index in [0.29, 0.717) is 33.7 Å². The number of benzene rings is 2. The van der Waals surface area contributed by atoms with E-state index in [1.165, 1.54) is 17.4 Å². The molecule has 3 aromatic rings. The third kappa shape index (κ3) is 3.81. The maximum Gasteiger partial charge on any atom is 0.338 e. The van der Waals surface area contributed by atoms with Crippen LogP contribution in [0.25, 0.3) is 10.6 Å². The quantitative estimate of drug-likeness (QED) is 0.527. The summed E-state index contributed by atoms with van der Waals surface area (Å²) in [5, 5.41) is 2.86. The van der Waals surface area contributed by atoms with E-state index in [4.69, 9.17) is 35.3 Å². The molecule has 1 aliphatic heterocycles. The van der Waals surface area contributed by atoms with Gasteiger partial charge in [0.1, 0.15) is 11.6 Å². The first-order chi connectivity index (χ1) is 14.1. The minimum Gasteiger partial charge on any atom is -0.493 e. The fourth-order valence-electron chi connectivity index (χ4n) is 2.86. The summed E-state index contributed by atoms with van der Waals surface area (Å²) in [6, 6.07) is 8.61. The lowest BCUT2D eigenvalue weighted by atomic mass is 10.2. The molecule has 0 atom stereocenters. The number of thiazole rings is 1. The normalized spacial score (nSPS) is 12.0. The summed E-state index contributed by atoms with van der Waals surface area (Å²) in [7, 11) is 3.16. The highest BCUT2D eigenvalue weighted by Gasteiger charge is 2.22. The number of aromatic nitrogens is 1. The summed E-state index contributed by atoms with van der Waals surface area (Å²) < 4.78 is 26.7. The fourth-order valence-corrected chi connectivity index (χ4v) is 3.95. The smallest absolute Gasteiger partial charge is 0.338 e. The van der Waals surface area contributed by atoms with Crippen LogP contribution in [0.2, 0.25) is 5.02 Å². The molecule has 0 radical (unpaired) electrons. The van der Waals surface area contributed by atoms with Crippen LogP contribution in [0.1, 0.15) is 16.1 Å². The maximum atomic E-state index is 12.4. The van der Waals surface area contributed by atoms with Crippen LogP contribution < -0.4 is 18.9 Å². The number of rotatable bonds is 6. The van der Waals surface area contributed by atoms with Gasteiger partial charge in [-0.2, -0.15) is 0 Å². The Hall–Kier alpha value is -2.97. The van der Waals surface area contributed by atoms with Crippen LogP contribution in [0.5, 0.6) is 23.0 Å². The lowest BCUT2D eigenvalue weighted by Gasteiger charge is -2.10. The number of para-hydroxylation sites is 1. The third-order valence-corrected chi connectivity index (χ3v) is 5.40. The minimum absolute atomic E-state index is 0.0215. The molecule has 0 bridgehead atoms. The van der Waals surface area contributed by atoms with Crippen LogP contribution in [-0.2, 0) is 11.3 Å². The monoisotopic (exact) mass is 433 g/mol. The lowest BCUT2D eigenvalue weighted by molar-refractivity contribution is 0.0468. The molecule has 2 aromatic carbocycles. The number of esters is 1. The molecule has 0 spiro atoms. The minimum atomic E-state index is -0.529. The van der Waals surface area contributed by atoms with Crippen LogP contribution in [-0.4, -0.2) is 32.0 Å². The molecular formula is C20H16ClNO6S. The standard InChI is InChI=1S/C20H16ClNO6S/c1-24-15-5-3-4-13(17(15)25-2)19-22-12(9-29-19)8-26-20(23)11-6-14(21)18-16(7-11)27-10-28-18/h3-7,9H,8,10H2,1-2H3. The Labute approximate surface area is 175 Å². The van der Waals surface area contributed by atoms with Crippen LogP contribution >= 0.6 is 22.9 Å². The van der Waals surface area contributed by atoms with Gasteiger partial charge in [0.2, 0.25) is 6.79 Å². The molecule has 0 aliphatic carbocycles. The number of fused-ring (bicyclic) bond motifs is 1. The summed E-state index contributed by atoms with van der Waals surface area (Å²) in [6.07, 6.45) is 0. The van der Waals surface area contributed by atoms with Gasteiger partial charge in [0.15, 0.2) is 23.0 Å². The van der Waals surface area contributed by atoms with Crippen molar-refractivity contribution >= 4 is 28.9 Å². The summed E-state index contributed by atoms with van der Waals surface area (Å²) in [6.45, 7) is 0.0938. The van der Waals surface area contributed by atoms with Gasteiger partial charge in [0.25, 0.3) is 0 Å². The predicted octanol–water partition coefficient (Wildman–Crippen LogP) is 4.57. The van der Waals surface area contributed by atoms with Gasteiger partial charge >= 0.3 is 5.97 Å².